The van der Waals surface area contributed by atoms with E-state index in [-0.39, 0.29) is 6.04 Å². The van der Waals surface area contributed by atoms with Crippen LogP contribution in [0.1, 0.15) is 24.5 Å². The number of hydrogen-bond donors (Lipinski definition) is 1. The molecule has 4 heteroatoms. The maximum absolute atomic E-state index is 10.5. The molecule has 1 aromatic carbocycles. The van der Waals surface area contributed by atoms with Crippen molar-refractivity contribution in [3.05, 3.63) is 35.4 Å². The van der Waals surface area contributed by atoms with Crippen LogP contribution in [0.2, 0.25) is 0 Å². The van der Waals surface area contributed by atoms with Crippen LogP contribution in [0, 0.1) is 18.3 Å². The summed E-state index contributed by atoms with van der Waals surface area (Å²) in [4.78, 5) is 12.5. The van der Waals surface area contributed by atoms with E-state index in [4.69, 9.17) is 10.4 Å². The van der Waals surface area contributed by atoms with Crippen LogP contribution < -0.4 is 4.90 Å². The molecule has 0 saturated heterocycles. The highest BCUT2D eigenvalue weighted by Gasteiger charge is 2.11. The molecular weight excluding hydrogens is 240 g/mol. The molecule has 1 aromatic rings. The molecule has 0 heterocycles. The molecule has 0 aliphatic carbocycles. The second-order valence-corrected chi connectivity index (χ2v) is 4.54. The fraction of sp³-hybridized carbons (Fsp3) is 0.333. The summed E-state index contributed by atoms with van der Waals surface area (Å²) in [5.41, 5.74) is 2.96. The summed E-state index contributed by atoms with van der Waals surface area (Å²) in [5.74, 6) is -0.957. The first-order valence-corrected chi connectivity index (χ1v) is 6.07. The lowest BCUT2D eigenvalue weighted by Gasteiger charge is -2.27. The van der Waals surface area contributed by atoms with Crippen molar-refractivity contribution in [2.75, 3.05) is 11.9 Å². The number of rotatable bonds is 5. The Kier molecular flexibility index (Phi) is 5.13. The van der Waals surface area contributed by atoms with Crippen LogP contribution >= 0.6 is 0 Å². The Bertz CT molecular complexity index is 529. The predicted molar refractivity (Wildman–Crippen MR) is 75.9 cm³/mol. The van der Waals surface area contributed by atoms with E-state index in [1.54, 1.807) is 6.08 Å². The average molecular weight is 258 g/mol. The number of anilines is 1. The van der Waals surface area contributed by atoms with E-state index in [9.17, 15) is 4.79 Å². The predicted octanol–water partition coefficient (Wildman–Crippen LogP) is 2.83. The van der Waals surface area contributed by atoms with Gasteiger partial charge in [0.05, 0.1) is 12.5 Å². The van der Waals surface area contributed by atoms with Gasteiger partial charge in [0, 0.05) is 24.9 Å². The van der Waals surface area contributed by atoms with Gasteiger partial charge in [-0.15, -0.1) is 0 Å². The van der Waals surface area contributed by atoms with Crippen LogP contribution in [0.4, 0.5) is 5.69 Å². The van der Waals surface area contributed by atoms with Crippen molar-refractivity contribution in [1.29, 1.82) is 5.26 Å². The van der Waals surface area contributed by atoms with Crippen LogP contribution in [0.25, 0.3) is 6.08 Å². The fourth-order valence-electron chi connectivity index (χ4n) is 1.85. The molecule has 0 aliphatic heterocycles. The zero-order valence-corrected chi connectivity index (χ0v) is 11.4. The van der Waals surface area contributed by atoms with Gasteiger partial charge in [0.1, 0.15) is 0 Å². The minimum atomic E-state index is -0.957. The SMILES string of the molecule is Cc1cc(C=CC(=O)O)ccc1N(C)C(C)CC#N. The molecule has 0 saturated carbocycles. The Labute approximate surface area is 113 Å². The maximum Gasteiger partial charge on any atom is 0.328 e. The van der Waals surface area contributed by atoms with Crippen LogP contribution in [0.3, 0.4) is 0 Å². The van der Waals surface area contributed by atoms with Gasteiger partial charge in [-0.2, -0.15) is 5.26 Å². The van der Waals surface area contributed by atoms with Crippen molar-refractivity contribution < 1.29 is 9.90 Å². The van der Waals surface area contributed by atoms with E-state index >= 15 is 0 Å². The third kappa shape index (κ3) is 4.14. The quantitative estimate of drug-likeness (QED) is 0.825. The Morgan fingerprint density at radius 2 is 2.26 bits per heavy atom. The summed E-state index contributed by atoms with van der Waals surface area (Å²) < 4.78 is 0. The molecule has 0 radical (unpaired) electrons. The van der Waals surface area contributed by atoms with Crippen molar-refractivity contribution in [1.82, 2.24) is 0 Å². The minimum Gasteiger partial charge on any atom is -0.478 e. The molecule has 0 amide bonds. The van der Waals surface area contributed by atoms with Crippen LogP contribution in [-0.4, -0.2) is 24.2 Å². The van der Waals surface area contributed by atoms with Crippen LogP contribution in [0.15, 0.2) is 24.3 Å². The molecular formula is C15H18N2O2. The number of carbonyl (C=O) groups is 1. The summed E-state index contributed by atoms with van der Waals surface area (Å²) >= 11 is 0. The topological polar surface area (TPSA) is 64.3 Å². The largest absolute Gasteiger partial charge is 0.478 e. The van der Waals surface area contributed by atoms with Gasteiger partial charge in [0.2, 0.25) is 0 Å². The summed E-state index contributed by atoms with van der Waals surface area (Å²) in [6, 6.07) is 8.06. The van der Waals surface area contributed by atoms with Crippen molar-refractivity contribution in [2.45, 2.75) is 26.3 Å². The standard InChI is InChI=1S/C15H18N2O2/c1-11-10-13(5-7-15(18)19)4-6-14(11)17(3)12(2)8-9-16/h4-7,10,12H,8H2,1-3H3,(H,18,19). The lowest BCUT2D eigenvalue weighted by atomic mass is 10.1. The molecule has 100 valence electrons. The summed E-state index contributed by atoms with van der Waals surface area (Å²) in [5, 5.41) is 17.3. The molecule has 19 heavy (non-hydrogen) atoms. The number of aryl methyl sites for hydroxylation is 1. The van der Waals surface area contributed by atoms with Gasteiger partial charge in [-0.05, 0) is 43.2 Å². The number of nitrogens with zero attached hydrogens (tertiary/aromatic N) is 2. The molecule has 1 N–H and O–H groups in total. The third-order valence-electron chi connectivity index (χ3n) is 3.07. The summed E-state index contributed by atoms with van der Waals surface area (Å²) in [7, 11) is 1.96. The van der Waals surface area contributed by atoms with Gasteiger partial charge in [0.25, 0.3) is 0 Å². The van der Waals surface area contributed by atoms with E-state index in [2.05, 4.69) is 11.0 Å². The van der Waals surface area contributed by atoms with Crippen LogP contribution in [0.5, 0.6) is 0 Å². The zero-order chi connectivity index (χ0) is 14.4. The lowest BCUT2D eigenvalue weighted by Crippen LogP contribution is -2.28. The fourth-order valence-corrected chi connectivity index (χ4v) is 1.85. The highest BCUT2D eigenvalue weighted by molar-refractivity contribution is 5.85. The number of aliphatic carboxylic acids is 1. The molecule has 1 atom stereocenters. The number of hydrogen-bond acceptors (Lipinski definition) is 3. The van der Waals surface area contributed by atoms with Gasteiger partial charge in [0.15, 0.2) is 0 Å². The Morgan fingerprint density at radius 1 is 1.58 bits per heavy atom. The van der Waals surface area contributed by atoms with Crippen molar-refractivity contribution in [2.24, 2.45) is 0 Å². The first kappa shape index (κ1) is 14.8. The normalized spacial score (nSPS) is 12.1. The van der Waals surface area contributed by atoms with Crippen molar-refractivity contribution in [3.63, 3.8) is 0 Å². The monoisotopic (exact) mass is 258 g/mol. The molecule has 0 fully saturated rings. The van der Waals surface area contributed by atoms with Gasteiger partial charge in [-0.1, -0.05) is 6.07 Å². The number of nitriles is 1. The number of carboxylic acid groups (broad SMARTS) is 1. The molecule has 0 aromatic heterocycles. The van der Waals surface area contributed by atoms with E-state index in [0.717, 1.165) is 22.9 Å². The third-order valence-corrected chi connectivity index (χ3v) is 3.07. The zero-order valence-electron chi connectivity index (χ0n) is 11.4. The molecule has 0 bridgehead atoms. The number of carboxylic acids is 1. The summed E-state index contributed by atoms with van der Waals surface area (Å²) in [6.07, 6.45) is 3.16. The van der Waals surface area contributed by atoms with E-state index < -0.39 is 5.97 Å². The van der Waals surface area contributed by atoms with Crippen molar-refractivity contribution in [3.8, 4) is 6.07 Å². The lowest BCUT2D eigenvalue weighted by molar-refractivity contribution is -0.131. The first-order valence-electron chi connectivity index (χ1n) is 6.07. The maximum atomic E-state index is 10.5. The summed E-state index contributed by atoms with van der Waals surface area (Å²) in [6.45, 7) is 3.98. The smallest absolute Gasteiger partial charge is 0.328 e. The molecule has 4 nitrogen and oxygen atoms in total. The van der Waals surface area contributed by atoms with Gasteiger partial charge < -0.3 is 10.0 Å². The average Bonchev–Trinajstić information content (AvgIpc) is 2.36. The molecule has 1 unspecified atom stereocenters. The van der Waals surface area contributed by atoms with Crippen LogP contribution in [-0.2, 0) is 4.79 Å². The highest BCUT2D eigenvalue weighted by Crippen LogP contribution is 2.23. The second kappa shape index (κ2) is 6.60. The van der Waals surface area contributed by atoms with Crippen molar-refractivity contribution >= 4 is 17.7 Å². The first-order chi connectivity index (χ1) is 8.95. The minimum absolute atomic E-state index is 0.143. The number of benzene rings is 1. The highest BCUT2D eigenvalue weighted by atomic mass is 16.4. The van der Waals surface area contributed by atoms with E-state index in [0.29, 0.717) is 6.42 Å². The van der Waals surface area contributed by atoms with Gasteiger partial charge in [-0.3, -0.25) is 0 Å². The molecule has 1 rings (SSSR count). The Morgan fingerprint density at radius 3 is 2.79 bits per heavy atom. The Balaban J connectivity index is 2.94. The molecule has 0 spiro atoms. The van der Waals surface area contributed by atoms with E-state index in [1.165, 1.54) is 0 Å². The van der Waals surface area contributed by atoms with E-state index in [1.807, 2.05) is 39.1 Å². The second-order valence-electron chi connectivity index (χ2n) is 4.54. The van der Waals surface area contributed by atoms with Gasteiger partial charge in [-0.25, -0.2) is 4.79 Å². The Hall–Kier alpha value is -2.28. The van der Waals surface area contributed by atoms with Gasteiger partial charge >= 0.3 is 5.97 Å². The molecule has 0 aliphatic rings.